The van der Waals surface area contributed by atoms with Crippen molar-refractivity contribution in [1.82, 2.24) is 5.32 Å². The minimum absolute atomic E-state index is 0.219. The summed E-state index contributed by atoms with van der Waals surface area (Å²) in [6, 6.07) is 8.78. The first-order chi connectivity index (χ1) is 10.3. The molecule has 21 heavy (non-hydrogen) atoms. The van der Waals surface area contributed by atoms with Gasteiger partial charge in [-0.05, 0) is 56.8 Å². The van der Waals surface area contributed by atoms with Crippen LogP contribution >= 0.6 is 0 Å². The summed E-state index contributed by atoms with van der Waals surface area (Å²) in [6.07, 6.45) is 5.21. The Morgan fingerprint density at radius 3 is 2.38 bits per heavy atom. The molecule has 2 rings (SSSR count). The van der Waals surface area contributed by atoms with E-state index in [1.807, 2.05) is 0 Å². The predicted molar refractivity (Wildman–Crippen MR) is 86.8 cm³/mol. The highest BCUT2D eigenvalue weighted by Gasteiger charge is 2.24. The lowest BCUT2D eigenvalue weighted by molar-refractivity contribution is 0.0314. The van der Waals surface area contributed by atoms with Crippen molar-refractivity contribution in [3.05, 3.63) is 29.8 Å². The molecule has 0 bridgehead atoms. The Morgan fingerprint density at radius 1 is 1.14 bits per heavy atom. The lowest BCUT2D eigenvalue weighted by atomic mass is 9.99. The van der Waals surface area contributed by atoms with E-state index in [1.54, 1.807) is 0 Å². The van der Waals surface area contributed by atoms with Gasteiger partial charge in [-0.2, -0.15) is 0 Å². The van der Waals surface area contributed by atoms with Gasteiger partial charge in [-0.15, -0.1) is 0 Å². The molecule has 1 N–H and O–H groups in total. The summed E-state index contributed by atoms with van der Waals surface area (Å²) in [7, 11) is 0. The van der Waals surface area contributed by atoms with Gasteiger partial charge < -0.3 is 14.8 Å². The van der Waals surface area contributed by atoms with Gasteiger partial charge in [0.05, 0.1) is 18.2 Å². The predicted octanol–water partition coefficient (Wildman–Crippen LogP) is 4.08. The van der Waals surface area contributed by atoms with Crippen molar-refractivity contribution >= 4 is 0 Å². The van der Waals surface area contributed by atoms with Crippen LogP contribution < -0.4 is 10.1 Å². The zero-order chi connectivity index (χ0) is 15.1. The average Bonchev–Trinajstić information content (AvgIpc) is 3.32. The van der Waals surface area contributed by atoms with Gasteiger partial charge in [-0.1, -0.05) is 26.0 Å². The Labute approximate surface area is 129 Å². The van der Waals surface area contributed by atoms with Gasteiger partial charge in [0, 0.05) is 6.61 Å². The Hall–Kier alpha value is -1.06. The van der Waals surface area contributed by atoms with Gasteiger partial charge in [0.15, 0.2) is 0 Å². The summed E-state index contributed by atoms with van der Waals surface area (Å²) >= 11 is 0. The van der Waals surface area contributed by atoms with Crippen molar-refractivity contribution < 1.29 is 9.47 Å². The highest BCUT2D eigenvalue weighted by Crippen LogP contribution is 2.29. The third-order valence-electron chi connectivity index (χ3n) is 3.84. The molecule has 1 aromatic rings. The third kappa shape index (κ3) is 5.01. The minimum Gasteiger partial charge on any atom is -0.490 e. The van der Waals surface area contributed by atoms with Crippen LogP contribution in [0.1, 0.15) is 58.1 Å². The van der Waals surface area contributed by atoms with Crippen molar-refractivity contribution in [2.24, 2.45) is 0 Å². The van der Waals surface area contributed by atoms with Gasteiger partial charge in [-0.3, -0.25) is 0 Å². The summed E-state index contributed by atoms with van der Waals surface area (Å²) in [6.45, 7) is 8.20. The maximum Gasteiger partial charge on any atom is 0.119 e. The zero-order valence-corrected chi connectivity index (χ0v) is 13.6. The minimum atomic E-state index is 0.219. The van der Waals surface area contributed by atoms with E-state index in [-0.39, 0.29) is 12.1 Å². The lowest BCUT2D eigenvalue weighted by Gasteiger charge is -2.28. The summed E-state index contributed by atoms with van der Waals surface area (Å²) in [5.41, 5.74) is 1.28. The van der Waals surface area contributed by atoms with Crippen LogP contribution in [0.3, 0.4) is 0 Å². The van der Waals surface area contributed by atoms with E-state index >= 15 is 0 Å². The number of ether oxygens (including phenoxy) is 2. The first kappa shape index (κ1) is 16.3. The van der Waals surface area contributed by atoms with Crippen LogP contribution in [0.25, 0.3) is 0 Å². The molecule has 0 amide bonds. The van der Waals surface area contributed by atoms with Gasteiger partial charge in [0.1, 0.15) is 5.75 Å². The molecule has 0 spiro atoms. The van der Waals surface area contributed by atoms with E-state index < -0.39 is 0 Å². The molecule has 118 valence electrons. The van der Waals surface area contributed by atoms with Crippen LogP contribution in [0.5, 0.6) is 5.75 Å². The summed E-state index contributed by atoms with van der Waals surface area (Å²) < 4.78 is 11.7. The second kappa shape index (κ2) is 8.40. The maximum atomic E-state index is 5.92. The van der Waals surface area contributed by atoms with Crippen LogP contribution in [0, 0.1) is 0 Å². The fraction of sp³-hybridized carbons (Fsp3) is 0.667. The highest BCUT2D eigenvalue weighted by molar-refractivity contribution is 5.30. The van der Waals surface area contributed by atoms with E-state index in [0.29, 0.717) is 6.10 Å². The SMILES string of the molecule is CCCNC(c1ccc(OC2CC2)cc1)C(CC)OCC. The zero-order valence-electron chi connectivity index (χ0n) is 13.6. The molecule has 1 aromatic carbocycles. The van der Waals surface area contributed by atoms with Crippen molar-refractivity contribution in [3.63, 3.8) is 0 Å². The summed E-state index contributed by atoms with van der Waals surface area (Å²) in [5, 5.41) is 3.63. The van der Waals surface area contributed by atoms with Gasteiger partial charge in [0.2, 0.25) is 0 Å². The molecular formula is C18H29NO2. The number of rotatable bonds is 10. The van der Waals surface area contributed by atoms with E-state index in [9.17, 15) is 0 Å². The fourth-order valence-corrected chi connectivity index (χ4v) is 2.56. The van der Waals surface area contributed by atoms with Crippen LogP contribution in [-0.2, 0) is 4.74 Å². The number of nitrogens with one attached hydrogen (secondary N) is 1. The molecule has 1 aliphatic rings. The first-order valence-corrected chi connectivity index (χ1v) is 8.40. The van der Waals surface area contributed by atoms with E-state index in [2.05, 4.69) is 50.4 Å². The lowest BCUT2D eigenvalue weighted by Crippen LogP contribution is -2.34. The second-order valence-electron chi connectivity index (χ2n) is 5.72. The number of hydrogen-bond donors (Lipinski definition) is 1. The van der Waals surface area contributed by atoms with Gasteiger partial charge in [-0.25, -0.2) is 0 Å². The molecule has 1 saturated carbocycles. The van der Waals surface area contributed by atoms with Crippen LogP contribution in [-0.4, -0.2) is 25.4 Å². The van der Waals surface area contributed by atoms with E-state index in [0.717, 1.165) is 31.7 Å². The van der Waals surface area contributed by atoms with Crippen molar-refractivity contribution in [2.75, 3.05) is 13.2 Å². The van der Waals surface area contributed by atoms with Crippen LogP contribution in [0.2, 0.25) is 0 Å². The Balaban J connectivity index is 2.06. The Kier molecular flexibility index (Phi) is 6.52. The molecule has 0 heterocycles. The molecule has 1 fully saturated rings. The maximum absolute atomic E-state index is 5.92. The van der Waals surface area contributed by atoms with Gasteiger partial charge in [0.25, 0.3) is 0 Å². The van der Waals surface area contributed by atoms with Crippen molar-refractivity contribution in [1.29, 1.82) is 0 Å². The largest absolute Gasteiger partial charge is 0.490 e. The van der Waals surface area contributed by atoms with Crippen LogP contribution in [0.4, 0.5) is 0 Å². The summed E-state index contributed by atoms with van der Waals surface area (Å²) in [5.74, 6) is 0.986. The molecule has 2 unspecified atom stereocenters. The highest BCUT2D eigenvalue weighted by atomic mass is 16.5. The molecular weight excluding hydrogens is 262 g/mol. The monoisotopic (exact) mass is 291 g/mol. The normalized spacial score (nSPS) is 17.5. The molecule has 0 saturated heterocycles. The van der Waals surface area contributed by atoms with Crippen molar-refractivity contribution in [3.8, 4) is 5.75 Å². The topological polar surface area (TPSA) is 30.5 Å². The summed E-state index contributed by atoms with van der Waals surface area (Å²) in [4.78, 5) is 0. The van der Waals surface area contributed by atoms with E-state index in [1.165, 1.54) is 18.4 Å². The molecule has 0 aromatic heterocycles. The molecule has 1 aliphatic carbocycles. The number of benzene rings is 1. The average molecular weight is 291 g/mol. The van der Waals surface area contributed by atoms with Gasteiger partial charge >= 0.3 is 0 Å². The Bertz CT molecular complexity index is 400. The molecule has 3 heteroatoms. The second-order valence-corrected chi connectivity index (χ2v) is 5.72. The van der Waals surface area contributed by atoms with Crippen molar-refractivity contribution in [2.45, 2.75) is 64.7 Å². The molecule has 0 radical (unpaired) electrons. The van der Waals surface area contributed by atoms with Crippen LogP contribution in [0.15, 0.2) is 24.3 Å². The quantitative estimate of drug-likeness (QED) is 0.704. The molecule has 3 nitrogen and oxygen atoms in total. The third-order valence-corrected chi connectivity index (χ3v) is 3.84. The standard InChI is InChI=1S/C18H29NO2/c1-4-13-19-18(17(5-2)20-6-3)14-7-9-15(10-8-14)21-16-11-12-16/h7-10,16-19H,4-6,11-13H2,1-3H3. The number of hydrogen-bond acceptors (Lipinski definition) is 3. The first-order valence-electron chi connectivity index (χ1n) is 8.40. The smallest absolute Gasteiger partial charge is 0.119 e. The fourth-order valence-electron chi connectivity index (χ4n) is 2.56. The molecule has 2 atom stereocenters. The Morgan fingerprint density at radius 2 is 1.86 bits per heavy atom. The molecule has 0 aliphatic heterocycles. The van der Waals surface area contributed by atoms with E-state index in [4.69, 9.17) is 9.47 Å².